The predicted octanol–water partition coefficient (Wildman–Crippen LogP) is -5.22. The Hall–Kier alpha value is 1.12. The largest absolute Gasteiger partial charge is 2.00 e. The van der Waals surface area contributed by atoms with Crippen LogP contribution in [0.25, 0.3) is 0 Å². The molecule has 8 heavy (non-hydrogen) atoms. The van der Waals surface area contributed by atoms with E-state index >= 15 is 0 Å². The first-order valence-corrected chi connectivity index (χ1v) is 1.72. The summed E-state index contributed by atoms with van der Waals surface area (Å²) in [5, 5.41) is 8.52. The topological polar surface area (TPSA) is 20.2 Å². The van der Waals surface area contributed by atoms with E-state index in [-0.39, 0.29) is 43.4 Å². The zero-order chi connectivity index (χ0) is 4.50. The van der Waals surface area contributed by atoms with Crippen molar-refractivity contribution in [2.45, 2.75) is 26.4 Å². The molecule has 0 amide bonds. The Kier molecular flexibility index (Phi) is 23.3. The van der Waals surface area contributed by atoms with E-state index in [0.29, 0.717) is 0 Å². The molecular formula is C4H10Cl2OV. The zero-order valence-corrected chi connectivity index (χ0v) is 8.06. The van der Waals surface area contributed by atoms with E-state index in [1.54, 1.807) is 20.8 Å². The van der Waals surface area contributed by atoms with Crippen LogP contribution in [0.4, 0.5) is 0 Å². The monoisotopic (exact) mass is 195 g/mol. The summed E-state index contributed by atoms with van der Waals surface area (Å²) < 4.78 is 0. The molecule has 0 heterocycles. The molecule has 0 aromatic heterocycles. The van der Waals surface area contributed by atoms with Gasteiger partial charge in [-0.3, -0.25) is 0 Å². The maximum absolute atomic E-state index is 8.52. The van der Waals surface area contributed by atoms with Gasteiger partial charge in [-0.05, 0) is 20.8 Å². The standard InChI is InChI=1S/C4H10O.2ClH.V/c1-4(2,3)5;;;/h5H,1-3H3;2*1H;/q;;;+2/p-2. The summed E-state index contributed by atoms with van der Waals surface area (Å²) in [4.78, 5) is 0. The average molecular weight is 196 g/mol. The third-order valence-corrected chi connectivity index (χ3v) is 0. The van der Waals surface area contributed by atoms with Crippen LogP contribution in [0, 0.1) is 0 Å². The van der Waals surface area contributed by atoms with Gasteiger partial charge in [0.05, 0.1) is 5.60 Å². The quantitative estimate of drug-likeness (QED) is 0.410. The van der Waals surface area contributed by atoms with Crippen molar-refractivity contribution in [1.29, 1.82) is 0 Å². The van der Waals surface area contributed by atoms with Crippen LogP contribution in [0.1, 0.15) is 20.8 Å². The molecule has 0 rings (SSSR count). The van der Waals surface area contributed by atoms with Crippen molar-refractivity contribution >= 4 is 0 Å². The van der Waals surface area contributed by atoms with Crippen molar-refractivity contribution in [3.63, 3.8) is 0 Å². The minimum atomic E-state index is -0.500. The Morgan fingerprint density at radius 2 is 1.00 bits per heavy atom. The third kappa shape index (κ3) is 211. The van der Waals surface area contributed by atoms with Gasteiger partial charge in [-0.2, -0.15) is 0 Å². The number of hydrogen-bond donors (Lipinski definition) is 1. The normalized spacial score (nSPS) is 7.50. The molecule has 0 spiro atoms. The van der Waals surface area contributed by atoms with E-state index in [1.165, 1.54) is 0 Å². The Morgan fingerprint density at radius 3 is 1.00 bits per heavy atom. The predicted molar refractivity (Wildman–Crippen MR) is 22.0 cm³/mol. The fourth-order valence-electron chi connectivity index (χ4n) is 0. The van der Waals surface area contributed by atoms with Crippen LogP contribution in [-0.2, 0) is 18.6 Å². The summed E-state index contributed by atoms with van der Waals surface area (Å²) in [5.41, 5.74) is -0.500. The summed E-state index contributed by atoms with van der Waals surface area (Å²) in [5.74, 6) is 0. The van der Waals surface area contributed by atoms with Gasteiger partial charge in [0.2, 0.25) is 0 Å². The maximum Gasteiger partial charge on any atom is 2.00 e. The zero-order valence-electron chi connectivity index (χ0n) is 5.15. The minimum Gasteiger partial charge on any atom is -1.00 e. The molecule has 0 saturated heterocycles. The van der Waals surface area contributed by atoms with Crippen molar-refractivity contribution in [3.05, 3.63) is 0 Å². The third-order valence-electron chi connectivity index (χ3n) is 0. The van der Waals surface area contributed by atoms with E-state index in [4.69, 9.17) is 5.11 Å². The Bertz CT molecular complexity index is 29.5. The van der Waals surface area contributed by atoms with Crippen LogP contribution in [0.5, 0.6) is 0 Å². The molecule has 0 fully saturated rings. The first-order valence-electron chi connectivity index (χ1n) is 1.72. The van der Waals surface area contributed by atoms with E-state index in [0.717, 1.165) is 0 Å². The molecule has 0 unspecified atom stereocenters. The van der Waals surface area contributed by atoms with Crippen LogP contribution < -0.4 is 24.8 Å². The maximum atomic E-state index is 8.52. The van der Waals surface area contributed by atoms with Crippen LogP contribution in [0.3, 0.4) is 0 Å². The average Bonchev–Trinajstić information content (AvgIpc) is 0.722. The van der Waals surface area contributed by atoms with Crippen LogP contribution in [0.15, 0.2) is 0 Å². The number of hydrogen-bond acceptors (Lipinski definition) is 1. The number of halogens is 2. The number of aliphatic hydroxyl groups is 1. The Morgan fingerprint density at radius 1 is 1.00 bits per heavy atom. The Labute approximate surface area is 74.9 Å². The smallest absolute Gasteiger partial charge is 1.00 e. The summed E-state index contributed by atoms with van der Waals surface area (Å²) in [6, 6.07) is 0. The van der Waals surface area contributed by atoms with Gasteiger partial charge in [-0.25, -0.2) is 0 Å². The fraction of sp³-hybridized carbons (Fsp3) is 1.00. The van der Waals surface area contributed by atoms with Gasteiger partial charge in [-0.1, -0.05) is 0 Å². The summed E-state index contributed by atoms with van der Waals surface area (Å²) >= 11 is 0. The van der Waals surface area contributed by atoms with E-state index < -0.39 is 5.60 Å². The van der Waals surface area contributed by atoms with Gasteiger partial charge in [-0.15, -0.1) is 0 Å². The molecule has 4 heteroatoms. The first-order chi connectivity index (χ1) is 2.00. The van der Waals surface area contributed by atoms with Gasteiger partial charge in [0.15, 0.2) is 0 Å². The molecule has 0 saturated carbocycles. The van der Waals surface area contributed by atoms with Gasteiger partial charge in [0.25, 0.3) is 0 Å². The molecule has 0 aliphatic carbocycles. The molecule has 0 aromatic rings. The van der Waals surface area contributed by atoms with E-state index in [2.05, 4.69) is 0 Å². The molecule has 0 atom stereocenters. The molecule has 51 valence electrons. The van der Waals surface area contributed by atoms with Gasteiger partial charge in [0.1, 0.15) is 0 Å². The summed E-state index contributed by atoms with van der Waals surface area (Å²) in [6.07, 6.45) is 0. The second-order valence-electron chi connectivity index (χ2n) is 2.17. The first kappa shape index (κ1) is 22.9. The van der Waals surface area contributed by atoms with Crippen molar-refractivity contribution in [3.8, 4) is 0 Å². The van der Waals surface area contributed by atoms with E-state index in [1.807, 2.05) is 0 Å². The van der Waals surface area contributed by atoms with Crippen molar-refractivity contribution in [2.24, 2.45) is 0 Å². The van der Waals surface area contributed by atoms with Crippen molar-refractivity contribution in [1.82, 2.24) is 0 Å². The molecule has 1 N–H and O–H groups in total. The second-order valence-corrected chi connectivity index (χ2v) is 2.17. The van der Waals surface area contributed by atoms with Crippen LogP contribution in [-0.4, -0.2) is 10.7 Å². The van der Waals surface area contributed by atoms with Gasteiger partial charge < -0.3 is 29.9 Å². The fourth-order valence-corrected chi connectivity index (χ4v) is 0. The van der Waals surface area contributed by atoms with Crippen LogP contribution in [0.2, 0.25) is 0 Å². The molecule has 1 radical (unpaired) electrons. The molecule has 1 nitrogen and oxygen atoms in total. The Balaban J connectivity index is -0.0000000267. The SMILES string of the molecule is CC(C)(C)O.[Cl-].[Cl-].[V+2]. The minimum absolute atomic E-state index is 0. The van der Waals surface area contributed by atoms with E-state index in [9.17, 15) is 0 Å². The van der Waals surface area contributed by atoms with Crippen molar-refractivity contribution in [2.75, 3.05) is 0 Å². The second kappa shape index (κ2) is 8.12. The summed E-state index contributed by atoms with van der Waals surface area (Å²) in [6.45, 7) is 5.23. The van der Waals surface area contributed by atoms with Gasteiger partial charge in [0, 0.05) is 0 Å². The van der Waals surface area contributed by atoms with Gasteiger partial charge >= 0.3 is 18.6 Å². The van der Waals surface area contributed by atoms with Crippen molar-refractivity contribution < 1.29 is 48.5 Å². The number of rotatable bonds is 0. The molecular weight excluding hydrogens is 186 g/mol. The summed E-state index contributed by atoms with van der Waals surface area (Å²) in [7, 11) is 0. The molecule has 0 aromatic carbocycles. The van der Waals surface area contributed by atoms with Crippen LogP contribution >= 0.6 is 0 Å². The molecule has 0 aliphatic heterocycles. The molecule has 0 aliphatic rings. The molecule has 0 bridgehead atoms.